The average molecular weight is 331 g/mol. The van der Waals surface area contributed by atoms with Crippen LogP contribution in [0.5, 0.6) is 0 Å². The Labute approximate surface area is 143 Å². The zero-order valence-corrected chi connectivity index (χ0v) is 13.1. The summed E-state index contributed by atoms with van der Waals surface area (Å²) >= 11 is 0. The maximum atomic E-state index is 12.4. The third kappa shape index (κ3) is 2.76. The van der Waals surface area contributed by atoms with Gasteiger partial charge in [-0.25, -0.2) is 0 Å². The number of carbonyl (C=O) groups excluding carboxylic acids is 1. The van der Waals surface area contributed by atoms with Crippen molar-refractivity contribution in [3.05, 3.63) is 93.2 Å². The minimum Gasteiger partial charge on any atom is -0.401 e. The predicted octanol–water partition coefficient (Wildman–Crippen LogP) is 4.66. The molecule has 0 radical (unpaired) electrons. The first-order valence-corrected chi connectivity index (χ1v) is 7.79. The van der Waals surface area contributed by atoms with Crippen LogP contribution in [0.2, 0.25) is 0 Å². The van der Waals surface area contributed by atoms with Gasteiger partial charge in [0.2, 0.25) is 0 Å². The molecule has 1 heterocycles. The van der Waals surface area contributed by atoms with E-state index in [4.69, 9.17) is 4.42 Å². The molecule has 0 atom stereocenters. The molecule has 1 aliphatic carbocycles. The molecule has 0 amide bonds. The highest BCUT2D eigenvalue weighted by atomic mass is 16.6. The Morgan fingerprint density at radius 2 is 1.84 bits per heavy atom. The van der Waals surface area contributed by atoms with E-state index in [0.717, 1.165) is 17.5 Å². The fraction of sp³-hybridized carbons (Fsp3) is 0.0500. The molecule has 4 rings (SSSR count). The highest BCUT2D eigenvalue weighted by Crippen LogP contribution is 2.36. The summed E-state index contributed by atoms with van der Waals surface area (Å²) in [5.74, 6) is -0.251. The van der Waals surface area contributed by atoms with Crippen molar-refractivity contribution in [1.82, 2.24) is 0 Å². The molecule has 1 aromatic heterocycles. The Morgan fingerprint density at radius 3 is 2.64 bits per heavy atom. The predicted molar refractivity (Wildman–Crippen MR) is 93.4 cm³/mol. The fourth-order valence-electron chi connectivity index (χ4n) is 3.06. The molecule has 0 fully saturated rings. The van der Waals surface area contributed by atoms with Gasteiger partial charge in [0.25, 0.3) is 0 Å². The molecule has 25 heavy (non-hydrogen) atoms. The number of ketones is 1. The Bertz CT molecular complexity index is 1030. The smallest absolute Gasteiger partial charge is 0.401 e. The van der Waals surface area contributed by atoms with Gasteiger partial charge in [-0.3, -0.25) is 14.9 Å². The van der Waals surface area contributed by atoms with Crippen molar-refractivity contribution in [2.24, 2.45) is 0 Å². The van der Waals surface area contributed by atoms with Gasteiger partial charge >= 0.3 is 5.88 Å². The summed E-state index contributed by atoms with van der Waals surface area (Å²) in [5.41, 5.74) is 5.30. The highest BCUT2D eigenvalue weighted by Gasteiger charge is 2.19. The molecule has 5 nitrogen and oxygen atoms in total. The summed E-state index contributed by atoms with van der Waals surface area (Å²) in [6.45, 7) is 0. The van der Waals surface area contributed by atoms with E-state index in [2.05, 4.69) is 12.1 Å². The molecular formula is C20H13NO4. The Hall–Kier alpha value is -3.47. The zero-order chi connectivity index (χ0) is 17.4. The van der Waals surface area contributed by atoms with Gasteiger partial charge in [0.15, 0.2) is 5.78 Å². The second-order valence-corrected chi connectivity index (χ2v) is 5.84. The number of hydrogen-bond acceptors (Lipinski definition) is 4. The number of carbonyl (C=O) groups is 1. The van der Waals surface area contributed by atoms with Crippen molar-refractivity contribution in [3.8, 4) is 11.1 Å². The number of benzene rings is 2. The summed E-state index contributed by atoms with van der Waals surface area (Å²) in [6.07, 6.45) is 3.69. The van der Waals surface area contributed by atoms with Crippen LogP contribution in [0, 0.1) is 10.1 Å². The number of rotatable bonds is 4. The van der Waals surface area contributed by atoms with Gasteiger partial charge in [0.05, 0.1) is 6.07 Å². The van der Waals surface area contributed by atoms with E-state index >= 15 is 0 Å². The molecule has 122 valence electrons. The summed E-state index contributed by atoms with van der Waals surface area (Å²) < 4.78 is 5.01. The van der Waals surface area contributed by atoms with Crippen LogP contribution in [0.15, 0.2) is 65.1 Å². The maximum Gasteiger partial charge on any atom is 0.433 e. The molecular weight excluding hydrogens is 318 g/mol. The Kier molecular flexibility index (Phi) is 3.54. The second kappa shape index (κ2) is 5.87. The maximum absolute atomic E-state index is 12.4. The minimum absolute atomic E-state index is 0.175. The van der Waals surface area contributed by atoms with Crippen molar-refractivity contribution in [1.29, 1.82) is 0 Å². The van der Waals surface area contributed by atoms with Crippen LogP contribution in [-0.2, 0) is 6.42 Å². The summed E-state index contributed by atoms with van der Waals surface area (Å²) in [6, 6.07) is 16.6. The van der Waals surface area contributed by atoms with E-state index in [9.17, 15) is 14.9 Å². The van der Waals surface area contributed by atoms with E-state index < -0.39 is 4.92 Å². The molecule has 3 aromatic rings. The third-order valence-corrected chi connectivity index (χ3v) is 4.27. The average Bonchev–Trinajstić information content (AvgIpc) is 3.23. The van der Waals surface area contributed by atoms with Gasteiger partial charge < -0.3 is 4.42 Å². The molecule has 0 saturated carbocycles. The van der Waals surface area contributed by atoms with E-state index in [-0.39, 0.29) is 17.4 Å². The van der Waals surface area contributed by atoms with Gasteiger partial charge in [-0.05, 0) is 53.0 Å². The quantitative estimate of drug-likeness (QED) is 0.236. The monoisotopic (exact) mass is 331 g/mol. The third-order valence-electron chi connectivity index (χ3n) is 4.27. The van der Waals surface area contributed by atoms with Crippen molar-refractivity contribution in [3.63, 3.8) is 0 Å². The number of hydrogen-bond donors (Lipinski definition) is 0. The number of nitro groups is 1. The summed E-state index contributed by atoms with van der Waals surface area (Å²) in [4.78, 5) is 22.4. The minimum atomic E-state index is -0.614. The molecule has 2 aromatic carbocycles. The topological polar surface area (TPSA) is 73.3 Å². The second-order valence-electron chi connectivity index (χ2n) is 5.84. The van der Waals surface area contributed by atoms with Crippen molar-refractivity contribution >= 4 is 17.7 Å². The van der Waals surface area contributed by atoms with Gasteiger partial charge in [-0.15, -0.1) is 0 Å². The summed E-state index contributed by atoms with van der Waals surface area (Å²) in [7, 11) is 0. The molecule has 0 spiro atoms. The molecule has 0 unspecified atom stereocenters. The van der Waals surface area contributed by atoms with Crippen LogP contribution < -0.4 is 0 Å². The molecule has 1 aliphatic rings. The first-order chi connectivity index (χ1) is 12.1. The lowest BCUT2D eigenvalue weighted by atomic mass is 10.0. The van der Waals surface area contributed by atoms with Crippen molar-refractivity contribution in [2.45, 2.75) is 6.42 Å². The van der Waals surface area contributed by atoms with Gasteiger partial charge in [-0.2, -0.15) is 0 Å². The number of furan rings is 1. The molecule has 0 aliphatic heterocycles. The molecule has 5 heteroatoms. The first-order valence-electron chi connectivity index (χ1n) is 7.79. The van der Waals surface area contributed by atoms with E-state index in [1.54, 1.807) is 0 Å². The molecule has 0 saturated heterocycles. The Balaban J connectivity index is 1.59. The van der Waals surface area contributed by atoms with Crippen LogP contribution in [0.25, 0.3) is 17.2 Å². The largest absolute Gasteiger partial charge is 0.433 e. The van der Waals surface area contributed by atoms with Crippen LogP contribution in [0.4, 0.5) is 5.88 Å². The SMILES string of the molecule is O=C(C=Cc1ccc([N+](=O)[O-])o1)c1ccc2c(c1)-c1ccccc1C2. The van der Waals surface area contributed by atoms with Gasteiger partial charge in [0, 0.05) is 5.56 Å². The Morgan fingerprint density at radius 1 is 1.04 bits per heavy atom. The number of nitrogens with zero attached hydrogens (tertiary/aromatic N) is 1. The van der Waals surface area contributed by atoms with Gasteiger partial charge in [0.1, 0.15) is 10.7 Å². The zero-order valence-electron chi connectivity index (χ0n) is 13.1. The van der Waals surface area contributed by atoms with Crippen LogP contribution in [0.1, 0.15) is 27.2 Å². The lowest BCUT2D eigenvalue weighted by Crippen LogP contribution is -1.95. The lowest BCUT2D eigenvalue weighted by molar-refractivity contribution is -0.402. The van der Waals surface area contributed by atoms with E-state index in [1.165, 1.54) is 35.4 Å². The van der Waals surface area contributed by atoms with Crippen molar-refractivity contribution in [2.75, 3.05) is 0 Å². The fourth-order valence-corrected chi connectivity index (χ4v) is 3.06. The number of allylic oxidation sites excluding steroid dienone is 1. The molecule has 0 bridgehead atoms. The number of fused-ring (bicyclic) bond motifs is 3. The standard InChI is InChI=1S/C20H13NO4/c22-19(9-7-16-8-10-20(25-16)21(23)24)15-6-5-14-11-13-3-1-2-4-17(13)18(14)12-15/h1-10,12H,11H2. The van der Waals surface area contributed by atoms with Gasteiger partial charge in [-0.1, -0.05) is 36.4 Å². The van der Waals surface area contributed by atoms with E-state index in [1.807, 2.05) is 30.3 Å². The summed E-state index contributed by atoms with van der Waals surface area (Å²) in [5, 5.41) is 10.6. The lowest BCUT2D eigenvalue weighted by Gasteiger charge is -2.03. The normalized spacial score (nSPS) is 12.2. The van der Waals surface area contributed by atoms with Crippen molar-refractivity contribution < 1.29 is 14.1 Å². The molecule has 0 N–H and O–H groups in total. The highest BCUT2D eigenvalue weighted by molar-refractivity contribution is 6.07. The van der Waals surface area contributed by atoms with Crippen LogP contribution in [-0.4, -0.2) is 10.7 Å². The van der Waals surface area contributed by atoms with E-state index in [0.29, 0.717) is 5.56 Å². The van der Waals surface area contributed by atoms with Crippen LogP contribution >= 0.6 is 0 Å². The first kappa shape index (κ1) is 15.1. The van der Waals surface area contributed by atoms with Crippen LogP contribution in [0.3, 0.4) is 0 Å².